The van der Waals surface area contributed by atoms with Crippen LogP contribution in [0, 0.1) is 6.08 Å². The van der Waals surface area contributed by atoms with Crippen LogP contribution < -0.4 is 0 Å². The zero-order chi connectivity index (χ0) is 18.2. The molecule has 3 aliphatic rings. The van der Waals surface area contributed by atoms with Crippen LogP contribution in [0.15, 0.2) is 78.9 Å². The standard InChI is InChI=1S/C18H14.C5H5.2ClH.Zr/c1-3-7-15-13(5-1)9-11-17(15)18-12-10-14-6-2-4-8-16(14)18;1-2-4-5-3-1;;;/h1-12,17-18H;1-3H,4H2;2*1H;/q;-1;;;+2/p-2. The first-order valence-corrected chi connectivity index (χ1v) is 14.9. The Balaban J connectivity index is 0.000000207. The third kappa shape index (κ3) is 4.77. The topological polar surface area (TPSA) is 0 Å². The van der Waals surface area contributed by atoms with Gasteiger partial charge in [0, 0.05) is 11.8 Å². The summed E-state index contributed by atoms with van der Waals surface area (Å²) < 4.78 is 0. The van der Waals surface area contributed by atoms with Crippen molar-refractivity contribution in [3.05, 3.63) is 107 Å². The van der Waals surface area contributed by atoms with Gasteiger partial charge in [0.1, 0.15) is 0 Å². The summed E-state index contributed by atoms with van der Waals surface area (Å²) in [6, 6.07) is 17.4. The molecule has 0 saturated carbocycles. The van der Waals surface area contributed by atoms with Crippen LogP contribution in [0.3, 0.4) is 0 Å². The van der Waals surface area contributed by atoms with E-state index in [4.69, 9.17) is 17.0 Å². The van der Waals surface area contributed by atoms with Gasteiger partial charge in [-0.15, -0.1) is 6.42 Å². The molecule has 0 aliphatic heterocycles. The predicted molar refractivity (Wildman–Crippen MR) is 110 cm³/mol. The fourth-order valence-corrected chi connectivity index (χ4v) is 3.52. The number of benzene rings is 2. The second-order valence-corrected chi connectivity index (χ2v) is 9.83. The summed E-state index contributed by atoms with van der Waals surface area (Å²) in [6.45, 7) is 0. The second kappa shape index (κ2) is 10.3. The molecule has 130 valence electrons. The van der Waals surface area contributed by atoms with E-state index in [0.29, 0.717) is 11.8 Å². The molecule has 5 rings (SSSR count). The van der Waals surface area contributed by atoms with Gasteiger partial charge in [-0.05, 0) is 22.3 Å². The molecule has 3 aliphatic carbocycles. The molecule has 0 N–H and O–H groups in total. The van der Waals surface area contributed by atoms with Gasteiger partial charge < -0.3 is 0 Å². The first-order valence-electron chi connectivity index (χ1n) is 8.57. The molecular weight excluding hydrogens is 438 g/mol. The van der Waals surface area contributed by atoms with Crippen molar-refractivity contribution in [2.24, 2.45) is 0 Å². The summed E-state index contributed by atoms with van der Waals surface area (Å²) >= 11 is -0.826. The van der Waals surface area contributed by atoms with E-state index < -0.39 is 20.8 Å². The van der Waals surface area contributed by atoms with Crippen molar-refractivity contribution in [1.82, 2.24) is 0 Å². The summed E-state index contributed by atoms with van der Waals surface area (Å²) in [5.41, 5.74) is 5.67. The molecule has 0 aromatic heterocycles. The predicted octanol–water partition coefficient (Wildman–Crippen LogP) is 7.29. The molecule has 0 heterocycles. The zero-order valence-electron chi connectivity index (χ0n) is 14.3. The van der Waals surface area contributed by atoms with E-state index in [1.807, 2.05) is 12.2 Å². The first kappa shape index (κ1) is 19.6. The Hall–Kier alpha value is -1.14. The normalized spacial score (nSPS) is 19.9. The van der Waals surface area contributed by atoms with E-state index >= 15 is 0 Å². The molecule has 0 amide bonds. The van der Waals surface area contributed by atoms with E-state index in [9.17, 15) is 0 Å². The van der Waals surface area contributed by atoms with Gasteiger partial charge in [0.15, 0.2) is 0 Å². The Bertz CT molecular complexity index is 779. The molecule has 2 atom stereocenters. The Morgan fingerprint density at radius 3 is 1.69 bits per heavy atom. The monoisotopic (exact) mass is 455 g/mol. The van der Waals surface area contributed by atoms with Crippen molar-refractivity contribution >= 4 is 29.2 Å². The SMILES string of the molecule is C1=CC(C2C=Cc3ccccc32)c2ccccc21.[C-]1=CC=CC1.[Cl][Zr][Cl]. The van der Waals surface area contributed by atoms with Crippen molar-refractivity contribution in [3.8, 4) is 0 Å². The van der Waals surface area contributed by atoms with E-state index in [1.165, 1.54) is 22.3 Å². The number of fused-ring (bicyclic) bond motifs is 2. The van der Waals surface area contributed by atoms with Crippen LogP contribution in [-0.2, 0) is 20.8 Å². The Kier molecular flexibility index (Phi) is 7.74. The van der Waals surface area contributed by atoms with Gasteiger partial charge in [0.05, 0.1) is 0 Å². The average Bonchev–Trinajstić information content (AvgIpc) is 3.43. The van der Waals surface area contributed by atoms with Gasteiger partial charge in [-0.2, -0.15) is 6.08 Å². The quantitative estimate of drug-likeness (QED) is 0.395. The second-order valence-electron chi connectivity index (χ2n) is 6.10. The van der Waals surface area contributed by atoms with E-state index in [1.54, 1.807) is 0 Å². The number of rotatable bonds is 1. The number of hydrogen-bond acceptors (Lipinski definition) is 0. The summed E-state index contributed by atoms with van der Waals surface area (Å²) in [5, 5.41) is 0. The van der Waals surface area contributed by atoms with E-state index in [2.05, 4.69) is 85.0 Å². The fourth-order valence-electron chi connectivity index (χ4n) is 3.52. The van der Waals surface area contributed by atoms with Gasteiger partial charge in [-0.1, -0.05) is 72.8 Å². The average molecular weight is 458 g/mol. The van der Waals surface area contributed by atoms with Crippen LogP contribution in [0.1, 0.15) is 40.5 Å². The van der Waals surface area contributed by atoms with Gasteiger partial charge in [-0.3, -0.25) is 6.08 Å². The third-order valence-electron chi connectivity index (χ3n) is 4.65. The molecule has 2 aromatic rings. The van der Waals surface area contributed by atoms with Crippen molar-refractivity contribution in [3.63, 3.8) is 0 Å². The van der Waals surface area contributed by atoms with Crippen LogP contribution in [0.25, 0.3) is 12.2 Å². The molecule has 0 fully saturated rings. The van der Waals surface area contributed by atoms with Crippen molar-refractivity contribution in [1.29, 1.82) is 0 Å². The minimum atomic E-state index is -0.826. The van der Waals surface area contributed by atoms with Crippen molar-refractivity contribution < 1.29 is 20.8 Å². The third-order valence-corrected chi connectivity index (χ3v) is 4.65. The molecule has 0 nitrogen and oxygen atoms in total. The van der Waals surface area contributed by atoms with Gasteiger partial charge in [-0.25, -0.2) is 12.2 Å². The number of halogens is 2. The fraction of sp³-hybridized carbons (Fsp3) is 0.130. The van der Waals surface area contributed by atoms with Gasteiger partial charge in [0.25, 0.3) is 0 Å². The first-order chi connectivity index (χ1) is 12.8. The molecular formula is C23H19Cl2Zr-. The number of hydrogen-bond donors (Lipinski definition) is 0. The summed E-state index contributed by atoms with van der Waals surface area (Å²) in [6.07, 6.45) is 19.2. The van der Waals surface area contributed by atoms with Crippen molar-refractivity contribution in [2.75, 3.05) is 0 Å². The zero-order valence-corrected chi connectivity index (χ0v) is 18.2. The van der Waals surface area contributed by atoms with E-state index in [-0.39, 0.29) is 0 Å². The minimum absolute atomic E-state index is 0.501. The molecule has 0 saturated heterocycles. The van der Waals surface area contributed by atoms with E-state index in [0.717, 1.165) is 6.42 Å². The van der Waals surface area contributed by atoms with Crippen LogP contribution in [0.4, 0.5) is 0 Å². The molecule has 2 unspecified atom stereocenters. The van der Waals surface area contributed by atoms with Crippen molar-refractivity contribution in [2.45, 2.75) is 18.3 Å². The molecule has 0 radical (unpaired) electrons. The maximum atomic E-state index is 4.93. The van der Waals surface area contributed by atoms with Gasteiger partial charge in [0.2, 0.25) is 0 Å². The Labute approximate surface area is 174 Å². The number of allylic oxidation sites excluding steroid dienone is 6. The molecule has 3 heteroatoms. The van der Waals surface area contributed by atoms with Gasteiger partial charge >= 0.3 is 37.9 Å². The van der Waals surface area contributed by atoms with Crippen LogP contribution in [0.5, 0.6) is 0 Å². The molecule has 0 spiro atoms. The molecule has 26 heavy (non-hydrogen) atoms. The summed E-state index contributed by atoms with van der Waals surface area (Å²) in [4.78, 5) is 0. The molecule has 2 aromatic carbocycles. The maximum absolute atomic E-state index is 4.93. The molecule has 0 bridgehead atoms. The van der Waals surface area contributed by atoms with Crippen LogP contribution in [0.2, 0.25) is 0 Å². The summed E-state index contributed by atoms with van der Waals surface area (Å²) in [5.74, 6) is 1.00. The Morgan fingerprint density at radius 1 is 0.808 bits per heavy atom. The van der Waals surface area contributed by atoms with Crippen LogP contribution >= 0.6 is 17.0 Å². The Morgan fingerprint density at radius 2 is 1.31 bits per heavy atom. The van der Waals surface area contributed by atoms with Crippen LogP contribution in [-0.4, -0.2) is 0 Å². The summed E-state index contributed by atoms with van der Waals surface area (Å²) in [7, 11) is 9.87.